The first-order valence-electron chi connectivity index (χ1n) is 5.99. The molecule has 0 atom stereocenters. The maximum absolute atomic E-state index is 11.6. The highest BCUT2D eigenvalue weighted by Crippen LogP contribution is 2.00. The van der Waals surface area contributed by atoms with E-state index < -0.39 is 0 Å². The Balaban J connectivity index is 0.00000180. The second-order valence-electron chi connectivity index (χ2n) is 3.97. The molecule has 0 unspecified atom stereocenters. The Hall–Kier alpha value is -1.87. The Labute approximate surface area is 119 Å². The zero-order valence-corrected chi connectivity index (χ0v) is 11.5. The average Bonchev–Trinajstić information content (AvgIpc) is 2.40. The number of nitrogens with zero attached hydrogens (tertiary/aromatic N) is 1. The smallest absolute Gasteiger partial charge is 0.344 e. The minimum atomic E-state index is -0.278. The molecule has 2 aromatic rings. The van der Waals surface area contributed by atoms with Gasteiger partial charge in [0, 0.05) is 11.6 Å². The zero-order chi connectivity index (χ0) is 12.8. The predicted molar refractivity (Wildman–Crippen MR) is 68.1 cm³/mol. The van der Waals surface area contributed by atoms with E-state index in [9.17, 15) is 4.79 Å². The van der Waals surface area contributed by atoms with Gasteiger partial charge in [-0.15, -0.1) is 0 Å². The van der Waals surface area contributed by atoms with Crippen molar-refractivity contribution in [3.63, 3.8) is 0 Å². The van der Waals surface area contributed by atoms with Crippen LogP contribution < -0.4 is 17.0 Å². The first kappa shape index (κ1) is 15.2. The number of rotatable bonds is 4. The number of pyridine rings is 1. The van der Waals surface area contributed by atoms with Crippen molar-refractivity contribution in [3.05, 3.63) is 66.0 Å². The number of benzene rings is 1. The number of carbonyl (C=O) groups is 1. The van der Waals surface area contributed by atoms with Gasteiger partial charge in [0.15, 0.2) is 18.9 Å². The van der Waals surface area contributed by atoms with Crippen LogP contribution in [-0.2, 0) is 11.3 Å². The fourth-order valence-corrected chi connectivity index (χ4v) is 1.75. The molecule has 0 saturated carbocycles. The highest BCUT2D eigenvalue weighted by atomic mass is 35.5. The quantitative estimate of drug-likeness (QED) is 0.541. The number of ether oxygens (including phenoxy) is 1. The van der Waals surface area contributed by atoms with E-state index in [1.54, 1.807) is 13.0 Å². The highest BCUT2D eigenvalue weighted by molar-refractivity contribution is 5.88. The van der Waals surface area contributed by atoms with E-state index in [4.69, 9.17) is 4.74 Å². The molecule has 0 aliphatic carbocycles. The third-order valence-corrected chi connectivity index (χ3v) is 2.58. The molecule has 0 N–H and O–H groups in total. The van der Waals surface area contributed by atoms with Gasteiger partial charge in [0.1, 0.15) is 5.56 Å². The van der Waals surface area contributed by atoms with Crippen LogP contribution in [-0.4, -0.2) is 12.6 Å². The summed E-state index contributed by atoms with van der Waals surface area (Å²) >= 11 is 0. The van der Waals surface area contributed by atoms with Gasteiger partial charge in [-0.25, -0.2) is 4.79 Å². The Morgan fingerprint density at radius 2 is 1.89 bits per heavy atom. The second-order valence-corrected chi connectivity index (χ2v) is 3.97. The maximum atomic E-state index is 11.6. The monoisotopic (exact) mass is 277 g/mol. The van der Waals surface area contributed by atoms with Crippen LogP contribution in [0.5, 0.6) is 0 Å². The normalized spacial score (nSPS) is 9.53. The Kier molecular flexibility index (Phi) is 6.03. The Morgan fingerprint density at radius 1 is 1.16 bits per heavy atom. The van der Waals surface area contributed by atoms with E-state index in [-0.39, 0.29) is 18.4 Å². The first-order chi connectivity index (χ1) is 8.79. The van der Waals surface area contributed by atoms with Gasteiger partial charge < -0.3 is 17.1 Å². The van der Waals surface area contributed by atoms with Crippen LogP contribution in [0.25, 0.3) is 0 Å². The average molecular weight is 278 g/mol. The van der Waals surface area contributed by atoms with Crippen LogP contribution in [0.2, 0.25) is 0 Å². The summed E-state index contributed by atoms with van der Waals surface area (Å²) in [5, 5.41) is 0. The van der Waals surface area contributed by atoms with Crippen LogP contribution in [0.3, 0.4) is 0 Å². The lowest BCUT2D eigenvalue weighted by Gasteiger charge is -2.01. The summed E-state index contributed by atoms with van der Waals surface area (Å²) in [5.41, 5.74) is 1.78. The second kappa shape index (κ2) is 7.54. The lowest BCUT2D eigenvalue weighted by molar-refractivity contribution is -0.688. The van der Waals surface area contributed by atoms with E-state index in [0.717, 1.165) is 6.54 Å². The van der Waals surface area contributed by atoms with Crippen molar-refractivity contribution >= 4 is 5.97 Å². The molecule has 1 aromatic carbocycles. The van der Waals surface area contributed by atoms with E-state index in [2.05, 4.69) is 12.1 Å². The van der Waals surface area contributed by atoms with Crippen molar-refractivity contribution in [1.82, 2.24) is 0 Å². The molecule has 0 saturated heterocycles. The summed E-state index contributed by atoms with van der Waals surface area (Å²) in [5.74, 6) is -0.278. The van der Waals surface area contributed by atoms with Gasteiger partial charge >= 0.3 is 5.97 Å². The van der Waals surface area contributed by atoms with Gasteiger partial charge in [-0.3, -0.25) is 0 Å². The third-order valence-electron chi connectivity index (χ3n) is 2.58. The molecule has 4 heteroatoms. The molecule has 0 aliphatic rings. The maximum Gasteiger partial charge on any atom is 0.344 e. The molecule has 1 heterocycles. The summed E-state index contributed by atoms with van der Waals surface area (Å²) in [4.78, 5) is 11.6. The summed E-state index contributed by atoms with van der Waals surface area (Å²) < 4.78 is 6.95. The predicted octanol–water partition coefficient (Wildman–Crippen LogP) is -0.797. The van der Waals surface area contributed by atoms with Crippen molar-refractivity contribution in [2.24, 2.45) is 0 Å². The van der Waals surface area contributed by atoms with Gasteiger partial charge in [0.25, 0.3) is 0 Å². The van der Waals surface area contributed by atoms with Crippen molar-refractivity contribution in [2.75, 3.05) is 6.61 Å². The minimum Gasteiger partial charge on any atom is -1.00 e. The van der Waals surface area contributed by atoms with E-state index in [0.29, 0.717) is 12.2 Å². The third kappa shape index (κ3) is 4.38. The van der Waals surface area contributed by atoms with Crippen LogP contribution in [0.15, 0.2) is 54.9 Å². The standard InChI is InChI=1S/C15H16NO2.ClH/c1-2-18-15(17)14-9-6-10-16(12-14)11-13-7-4-3-5-8-13;/h3-10,12H,2,11H2,1H3;1H/q+1;/p-1. The molecule has 0 fully saturated rings. The molecule has 0 amide bonds. The number of carbonyl (C=O) groups excluding carboxylic acids is 1. The van der Waals surface area contributed by atoms with Crippen LogP contribution >= 0.6 is 0 Å². The van der Waals surface area contributed by atoms with E-state index in [1.165, 1.54) is 5.56 Å². The number of hydrogen-bond acceptors (Lipinski definition) is 2. The highest BCUT2D eigenvalue weighted by Gasteiger charge is 2.11. The lowest BCUT2D eigenvalue weighted by Crippen LogP contribution is -3.00. The molecular weight excluding hydrogens is 262 g/mol. The van der Waals surface area contributed by atoms with Crippen molar-refractivity contribution in [2.45, 2.75) is 13.5 Å². The molecule has 0 aliphatic heterocycles. The van der Waals surface area contributed by atoms with Gasteiger partial charge in [0.2, 0.25) is 0 Å². The molecule has 2 rings (SSSR count). The van der Waals surface area contributed by atoms with Crippen molar-refractivity contribution in [3.8, 4) is 0 Å². The Morgan fingerprint density at radius 3 is 2.58 bits per heavy atom. The van der Waals surface area contributed by atoms with Gasteiger partial charge in [0.05, 0.1) is 6.61 Å². The van der Waals surface area contributed by atoms with Gasteiger partial charge in [-0.2, -0.15) is 4.57 Å². The van der Waals surface area contributed by atoms with E-state index >= 15 is 0 Å². The minimum absolute atomic E-state index is 0. The van der Waals surface area contributed by atoms with Gasteiger partial charge in [-0.1, -0.05) is 30.3 Å². The summed E-state index contributed by atoms with van der Waals surface area (Å²) in [6.07, 6.45) is 3.75. The van der Waals surface area contributed by atoms with E-state index in [1.807, 2.05) is 41.2 Å². The molecule has 100 valence electrons. The number of esters is 1. The van der Waals surface area contributed by atoms with Crippen LogP contribution in [0.4, 0.5) is 0 Å². The molecule has 19 heavy (non-hydrogen) atoms. The molecule has 0 spiro atoms. The van der Waals surface area contributed by atoms with Crippen molar-refractivity contribution < 1.29 is 26.5 Å². The Bertz CT molecular complexity index is 529. The zero-order valence-electron chi connectivity index (χ0n) is 10.8. The summed E-state index contributed by atoms with van der Waals surface area (Å²) in [7, 11) is 0. The lowest BCUT2D eigenvalue weighted by atomic mass is 10.2. The molecular formula is C15H16ClNO2. The number of aromatic nitrogens is 1. The summed E-state index contributed by atoms with van der Waals surface area (Å²) in [6, 6.07) is 13.7. The number of hydrogen-bond donors (Lipinski definition) is 0. The van der Waals surface area contributed by atoms with Crippen molar-refractivity contribution in [1.29, 1.82) is 0 Å². The first-order valence-corrected chi connectivity index (χ1v) is 5.99. The molecule has 1 aromatic heterocycles. The van der Waals surface area contributed by atoms with Crippen LogP contribution in [0.1, 0.15) is 22.8 Å². The van der Waals surface area contributed by atoms with Crippen LogP contribution in [0, 0.1) is 0 Å². The molecule has 3 nitrogen and oxygen atoms in total. The molecule has 0 bridgehead atoms. The van der Waals surface area contributed by atoms with Gasteiger partial charge in [-0.05, 0) is 13.0 Å². The fourth-order valence-electron chi connectivity index (χ4n) is 1.75. The molecule has 0 radical (unpaired) electrons. The number of halogens is 1. The summed E-state index contributed by atoms with van der Waals surface area (Å²) in [6.45, 7) is 2.94. The largest absolute Gasteiger partial charge is 1.00 e. The topological polar surface area (TPSA) is 30.2 Å². The fraction of sp³-hybridized carbons (Fsp3) is 0.200. The SMILES string of the molecule is CCOC(=O)c1ccc[n+](Cc2ccccc2)c1.[Cl-].